The minimum absolute atomic E-state index is 0.165. The Morgan fingerprint density at radius 1 is 1.18 bits per heavy atom. The van der Waals surface area contributed by atoms with E-state index in [1.54, 1.807) is 6.07 Å². The first kappa shape index (κ1) is 25.2. The molecule has 0 spiro atoms. The van der Waals surface area contributed by atoms with Crippen molar-refractivity contribution in [1.29, 1.82) is 0 Å². The number of rotatable bonds is 11. The second kappa shape index (κ2) is 11.7. The molecule has 7 nitrogen and oxygen atoms in total. The minimum atomic E-state index is -1.67. The van der Waals surface area contributed by atoms with E-state index in [9.17, 15) is 14.8 Å². The Labute approximate surface area is 199 Å². The Morgan fingerprint density at radius 3 is 2.58 bits per heavy atom. The average Bonchev–Trinajstić information content (AvgIpc) is 3.17. The van der Waals surface area contributed by atoms with Crippen LogP contribution in [0.2, 0.25) is 5.02 Å². The molecule has 1 amide bonds. The molecule has 0 saturated heterocycles. The number of benzene rings is 2. The third kappa shape index (κ3) is 7.30. The standard InChI is InChI=1S/C24H30BClN2O5/c1-17(2)11-22(25(30)31)27-23(29)24(13-18-7-4-3-5-8-18)14-21(28-33-24)16-32-15-19-9-6-10-20(26)12-19/h3-10,12,17,22,30-31H,11,13-16H2,1-2H3,(H,27,29). The van der Waals surface area contributed by atoms with Crippen molar-refractivity contribution in [2.24, 2.45) is 11.1 Å². The SMILES string of the molecule is CC(C)CC(NC(=O)C1(Cc2ccccc2)CC(COCc2cccc(Cl)c2)=NO1)B(O)O. The van der Waals surface area contributed by atoms with Crippen LogP contribution in [0.15, 0.2) is 59.8 Å². The molecule has 2 aromatic rings. The van der Waals surface area contributed by atoms with Crippen molar-refractivity contribution in [2.45, 2.75) is 51.3 Å². The smallest absolute Gasteiger partial charge is 0.426 e. The summed E-state index contributed by atoms with van der Waals surface area (Å²) in [7, 11) is -1.67. The average molecular weight is 473 g/mol. The van der Waals surface area contributed by atoms with Gasteiger partial charge in [-0.1, -0.05) is 73.1 Å². The Hall–Kier alpha value is -2.39. The lowest BCUT2D eigenvalue weighted by atomic mass is 9.74. The summed E-state index contributed by atoms with van der Waals surface area (Å²) < 4.78 is 5.77. The monoisotopic (exact) mass is 472 g/mol. The van der Waals surface area contributed by atoms with E-state index < -0.39 is 24.6 Å². The maximum atomic E-state index is 13.4. The molecule has 33 heavy (non-hydrogen) atoms. The van der Waals surface area contributed by atoms with E-state index in [-0.39, 0.29) is 25.4 Å². The van der Waals surface area contributed by atoms with E-state index in [0.29, 0.717) is 23.8 Å². The van der Waals surface area contributed by atoms with Crippen molar-refractivity contribution in [3.63, 3.8) is 0 Å². The van der Waals surface area contributed by atoms with Gasteiger partial charge in [-0.05, 0) is 35.6 Å². The van der Waals surface area contributed by atoms with Gasteiger partial charge < -0.3 is 24.9 Å². The predicted molar refractivity (Wildman–Crippen MR) is 129 cm³/mol. The van der Waals surface area contributed by atoms with Crippen LogP contribution >= 0.6 is 11.6 Å². The van der Waals surface area contributed by atoms with Gasteiger partial charge >= 0.3 is 7.12 Å². The number of nitrogens with zero attached hydrogens (tertiary/aromatic N) is 1. The van der Waals surface area contributed by atoms with E-state index >= 15 is 0 Å². The number of hydrogen-bond acceptors (Lipinski definition) is 6. The molecular formula is C24H30BClN2O5. The molecule has 1 aliphatic heterocycles. The molecule has 0 bridgehead atoms. The molecule has 2 aromatic carbocycles. The number of amides is 1. The number of halogens is 1. The van der Waals surface area contributed by atoms with Gasteiger partial charge in [0.05, 0.1) is 24.9 Å². The fourth-order valence-electron chi connectivity index (χ4n) is 3.82. The molecule has 9 heteroatoms. The Balaban J connectivity index is 1.69. The molecule has 0 aliphatic carbocycles. The summed E-state index contributed by atoms with van der Waals surface area (Å²) in [4.78, 5) is 19.1. The van der Waals surface area contributed by atoms with Gasteiger partial charge in [-0.25, -0.2) is 0 Å². The molecule has 176 valence electrons. The van der Waals surface area contributed by atoms with Crippen LogP contribution in [-0.2, 0) is 27.4 Å². The number of oxime groups is 1. The zero-order valence-electron chi connectivity index (χ0n) is 18.9. The first-order chi connectivity index (χ1) is 15.8. The maximum Gasteiger partial charge on any atom is 0.475 e. The summed E-state index contributed by atoms with van der Waals surface area (Å²) in [5, 5.41) is 27.1. The molecule has 1 aliphatic rings. The van der Waals surface area contributed by atoms with E-state index in [1.165, 1.54) is 0 Å². The lowest BCUT2D eigenvalue weighted by molar-refractivity contribution is -0.144. The number of carbonyl (C=O) groups excluding carboxylic acids is 1. The first-order valence-electron chi connectivity index (χ1n) is 11.0. The molecule has 3 rings (SSSR count). The number of carbonyl (C=O) groups is 1. The predicted octanol–water partition coefficient (Wildman–Crippen LogP) is 3.16. The van der Waals surface area contributed by atoms with Crippen molar-refractivity contribution in [2.75, 3.05) is 6.61 Å². The van der Waals surface area contributed by atoms with Crippen LogP contribution in [0.1, 0.15) is 37.8 Å². The quantitative estimate of drug-likeness (QED) is 0.436. The van der Waals surface area contributed by atoms with Crippen LogP contribution in [0.5, 0.6) is 0 Å². The molecule has 2 unspecified atom stereocenters. The van der Waals surface area contributed by atoms with Gasteiger partial charge in [-0.2, -0.15) is 0 Å². The normalized spacial score (nSPS) is 18.5. The fraction of sp³-hybridized carbons (Fsp3) is 0.417. The highest BCUT2D eigenvalue weighted by Crippen LogP contribution is 2.30. The second-order valence-corrected chi connectivity index (χ2v) is 9.26. The van der Waals surface area contributed by atoms with Gasteiger partial charge in [-0.3, -0.25) is 4.79 Å². The lowest BCUT2D eigenvalue weighted by Crippen LogP contribution is -2.56. The van der Waals surface area contributed by atoms with Crippen LogP contribution in [-0.4, -0.2) is 46.9 Å². The Morgan fingerprint density at radius 2 is 1.91 bits per heavy atom. The summed E-state index contributed by atoms with van der Waals surface area (Å²) in [5.74, 6) is -1.08. The van der Waals surface area contributed by atoms with Gasteiger partial charge in [-0.15, -0.1) is 0 Å². The number of ether oxygens (including phenoxy) is 1. The highest BCUT2D eigenvalue weighted by Gasteiger charge is 2.48. The van der Waals surface area contributed by atoms with Crippen molar-refractivity contribution in [1.82, 2.24) is 5.32 Å². The first-order valence-corrected chi connectivity index (χ1v) is 11.4. The van der Waals surface area contributed by atoms with E-state index in [2.05, 4.69) is 10.5 Å². The van der Waals surface area contributed by atoms with Crippen LogP contribution in [0.25, 0.3) is 0 Å². The summed E-state index contributed by atoms with van der Waals surface area (Å²) in [5.41, 5.74) is 1.16. The highest BCUT2D eigenvalue weighted by molar-refractivity contribution is 6.43. The minimum Gasteiger partial charge on any atom is -0.426 e. The largest absolute Gasteiger partial charge is 0.475 e. The van der Waals surface area contributed by atoms with Crippen molar-refractivity contribution in [3.05, 3.63) is 70.7 Å². The van der Waals surface area contributed by atoms with Crippen LogP contribution < -0.4 is 5.32 Å². The summed E-state index contributed by atoms with van der Waals surface area (Å²) in [6.07, 6.45) is 0.942. The summed E-state index contributed by atoms with van der Waals surface area (Å²) in [6, 6.07) is 16.9. The van der Waals surface area contributed by atoms with Gasteiger partial charge in [0.1, 0.15) is 0 Å². The zero-order chi connectivity index (χ0) is 23.8. The molecular weight excluding hydrogens is 443 g/mol. The van der Waals surface area contributed by atoms with E-state index in [1.807, 2.05) is 62.4 Å². The molecule has 3 N–H and O–H groups in total. The zero-order valence-corrected chi connectivity index (χ0v) is 19.7. The topological polar surface area (TPSA) is 100 Å². The Kier molecular flexibility index (Phi) is 8.91. The van der Waals surface area contributed by atoms with E-state index in [4.69, 9.17) is 21.2 Å². The van der Waals surface area contributed by atoms with Gasteiger partial charge in [0, 0.05) is 17.9 Å². The summed E-state index contributed by atoms with van der Waals surface area (Å²) >= 11 is 6.02. The van der Waals surface area contributed by atoms with Crippen LogP contribution in [0.3, 0.4) is 0 Å². The van der Waals surface area contributed by atoms with Crippen molar-refractivity contribution in [3.8, 4) is 0 Å². The van der Waals surface area contributed by atoms with Gasteiger partial charge in [0.2, 0.25) is 5.60 Å². The van der Waals surface area contributed by atoms with E-state index in [0.717, 1.165) is 11.1 Å². The molecule has 0 saturated carbocycles. The fourth-order valence-corrected chi connectivity index (χ4v) is 4.04. The number of nitrogens with one attached hydrogen (secondary N) is 1. The third-order valence-corrected chi connectivity index (χ3v) is 5.65. The van der Waals surface area contributed by atoms with Crippen molar-refractivity contribution >= 4 is 30.3 Å². The molecule has 1 heterocycles. The van der Waals surface area contributed by atoms with Crippen LogP contribution in [0, 0.1) is 5.92 Å². The third-order valence-electron chi connectivity index (χ3n) is 5.41. The molecule has 0 fully saturated rings. The van der Waals surface area contributed by atoms with Gasteiger partial charge in [0.25, 0.3) is 5.91 Å². The molecule has 0 radical (unpaired) electrons. The second-order valence-electron chi connectivity index (χ2n) is 8.83. The Bertz CT molecular complexity index is 957. The lowest BCUT2D eigenvalue weighted by Gasteiger charge is -2.29. The highest BCUT2D eigenvalue weighted by atomic mass is 35.5. The maximum absolute atomic E-state index is 13.4. The summed E-state index contributed by atoms with van der Waals surface area (Å²) in [6.45, 7) is 4.45. The number of hydrogen-bond donors (Lipinski definition) is 3. The van der Waals surface area contributed by atoms with Crippen LogP contribution in [0.4, 0.5) is 0 Å². The molecule has 2 atom stereocenters. The van der Waals surface area contributed by atoms with Crippen molar-refractivity contribution < 1.29 is 24.4 Å². The van der Waals surface area contributed by atoms with Gasteiger partial charge in [0.15, 0.2) is 0 Å². The molecule has 0 aromatic heterocycles.